The van der Waals surface area contributed by atoms with E-state index in [1.54, 1.807) is 0 Å². The quantitative estimate of drug-likeness (QED) is 0.179. The number of carbonyl (C=O) groups excluding carboxylic acids is 2. The fraction of sp³-hybridized carbons (Fsp3) is 0.870. The molecule has 0 spiro atoms. The molecule has 0 radical (unpaired) electrons. The summed E-state index contributed by atoms with van der Waals surface area (Å²) in [5.41, 5.74) is 0. The summed E-state index contributed by atoms with van der Waals surface area (Å²) >= 11 is 0. The van der Waals surface area contributed by atoms with Gasteiger partial charge in [-0.25, -0.2) is 4.79 Å². The zero-order chi connectivity index (χ0) is 23.3. The number of hydrogen-bond acceptors (Lipinski definition) is 7. The number of unbranched alkanes of at least 4 members (excludes halogenated alkanes) is 12. The van der Waals surface area contributed by atoms with Crippen molar-refractivity contribution in [1.82, 2.24) is 0 Å². The first-order chi connectivity index (χ1) is 14.9. The third kappa shape index (κ3) is 20.0. The van der Waals surface area contributed by atoms with Crippen LogP contribution in [0, 0.1) is 0 Å². The van der Waals surface area contributed by atoms with E-state index in [2.05, 4.69) is 11.7 Å². The second kappa shape index (κ2) is 20.2. The number of hydrogen-bond donors (Lipinski definition) is 3. The lowest BCUT2D eigenvalue weighted by Crippen LogP contribution is -2.31. The van der Waals surface area contributed by atoms with Gasteiger partial charge in [-0.3, -0.25) is 9.59 Å². The predicted molar refractivity (Wildman–Crippen MR) is 116 cm³/mol. The number of aliphatic hydroxyl groups excluding tert-OH is 2. The Bertz CT molecular complexity index is 480. The molecule has 0 aromatic carbocycles. The van der Waals surface area contributed by atoms with Crippen molar-refractivity contribution >= 4 is 17.9 Å². The molecule has 31 heavy (non-hydrogen) atoms. The van der Waals surface area contributed by atoms with Gasteiger partial charge in [-0.05, 0) is 6.42 Å². The first-order valence-electron chi connectivity index (χ1n) is 11.8. The van der Waals surface area contributed by atoms with Crippen LogP contribution in [0.4, 0.5) is 0 Å². The smallest absolute Gasteiger partial charge is 0.335 e. The molecule has 0 fully saturated rings. The van der Waals surface area contributed by atoms with Crippen LogP contribution in [0.15, 0.2) is 0 Å². The second-order valence-corrected chi connectivity index (χ2v) is 8.07. The molecule has 182 valence electrons. The van der Waals surface area contributed by atoms with Crippen LogP contribution in [0.3, 0.4) is 0 Å². The minimum Gasteiger partial charge on any atom is -0.481 e. The Morgan fingerprint density at radius 2 is 1.16 bits per heavy atom. The van der Waals surface area contributed by atoms with E-state index in [1.165, 1.54) is 64.2 Å². The molecule has 0 aliphatic heterocycles. The van der Waals surface area contributed by atoms with E-state index in [0.29, 0.717) is 0 Å². The molecule has 0 saturated heterocycles. The van der Waals surface area contributed by atoms with E-state index in [4.69, 9.17) is 9.84 Å². The Kier molecular flexibility index (Phi) is 19.2. The highest BCUT2D eigenvalue weighted by Gasteiger charge is 2.21. The van der Waals surface area contributed by atoms with Gasteiger partial charge >= 0.3 is 17.9 Å². The molecule has 0 bridgehead atoms. The number of carboxylic acid groups (broad SMARTS) is 1. The molecule has 0 rings (SSSR count). The first-order valence-corrected chi connectivity index (χ1v) is 11.8. The Balaban J connectivity index is 3.49. The molecule has 0 aliphatic rings. The maximum Gasteiger partial charge on any atom is 0.335 e. The number of aliphatic hydroxyl groups is 2. The van der Waals surface area contributed by atoms with Crippen LogP contribution in [0.5, 0.6) is 0 Å². The Hall–Kier alpha value is -1.67. The average Bonchev–Trinajstić information content (AvgIpc) is 2.73. The van der Waals surface area contributed by atoms with Crippen molar-refractivity contribution in [2.45, 2.75) is 115 Å². The van der Waals surface area contributed by atoms with Crippen molar-refractivity contribution in [1.29, 1.82) is 0 Å². The summed E-state index contributed by atoms with van der Waals surface area (Å²) in [6.45, 7) is 1.43. The van der Waals surface area contributed by atoms with Gasteiger partial charge in [0.1, 0.15) is 19.3 Å². The van der Waals surface area contributed by atoms with Crippen molar-refractivity contribution in [2.24, 2.45) is 0 Å². The number of carbonyl (C=O) groups is 3. The van der Waals surface area contributed by atoms with E-state index >= 15 is 0 Å². The molecule has 0 amide bonds. The molecular formula is C23H42O8. The molecule has 2 atom stereocenters. The van der Waals surface area contributed by atoms with Crippen LogP contribution < -0.4 is 0 Å². The zero-order valence-corrected chi connectivity index (χ0v) is 19.1. The highest BCUT2D eigenvalue weighted by molar-refractivity contribution is 5.80. The lowest BCUT2D eigenvalue weighted by molar-refractivity contribution is -0.162. The number of carboxylic acids is 1. The van der Waals surface area contributed by atoms with Crippen LogP contribution >= 0.6 is 0 Å². The minimum absolute atomic E-state index is 0.279. The SMILES string of the molecule is CCCCCCCCCCCCCCCC(=O)OCC(O)COC(=O)C(O)CC(=O)O. The molecule has 8 nitrogen and oxygen atoms in total. The topological polar surface area (TPSA) is 130 Å². The molecule has 0 aromatic rings. The minimum atomic E-state index is -1.79. The third-order valence-corrected chi connectivity index (χ3v) is 4.98. The van der Waals surface area contributed by atoms with E-state index in [1.807, 2.05) is 0 Å². The molecule has 2 unspecified atom stereocenters. The number of aliphatic carboxylic acids is 1. The van der Waals surface area contributed by atoms with E-state index < -0.39 is 43.1 Å². The maximum absolute atomic E-state index is 11.7. The summed E-state index contributed by atoms with van der Waals surface area (Å²) < 4.78 is 9.52. The first kappa shape index (κ1) is 29.3. The van der Waals surface area contributed by atoms with Gasteiger partial charge in [0.15, 0.2) is 6.10 Å². The highest BCUT2D eigenvalue weighted by Crippen LogP contribution is 2.13. The standard InChI is InChI=1S/C23H42O8/c1-2-3-4-5-6-7-8-9-10-11-12-13-14-15-22(28)30-17-19(24)18-31-23(29)20(25)16-21(26)27/h19-20,24-25H,2-18H2,1H3,(H,26,27). The van der Waals surface area contributed by atoms with E-state index in [0.717, 1.165) is 19.3 Å². The van der Waals surface area contributed by atoms with Crippen LogP contribution in [0.25, 0.3) is 0 Å². The van der Waals surface area contributed by atoms with Crippen molar-refractivity contribution < 1.29 is 39.2 Å². The van der Waals surface area contributed by atoms with Gasteiger partial charge in [0.2, 0.25) is 0 Å². The Labute approximate surface area is 186 Å². The number of esters is 2. The molecular weight excluding hydrogens is 404 g/mol. The van der Waals surface area contributed by atoms with Crippen molar-refractivity contribution in [3.05, 3.63) is 0 Å². The number of rotatable bonds is 21. The molecule has 8 heteroatoms. The molecule has 3 N–H and O–H groups in total. The van der Waals surface area contributed by atoms with Crippen LogP contribution in [-0.2, 0) is 23.9 Å². The molecule has 0 aliphatic carbocycles. The summed E-state index contributed by atoms with van der Waals surface area (Å²) in [5, 5.41) is 27.4. The molecule has 0 heterocycles. The van der Waals surface area contributed by atoms with Crippen molar-refractivity contribution in [3.63, 3.8) is 0 Å². The monoisotopic (exact) mass is 446 g/mol. The van der Waals surface area contributed by atoms with Gasteiger partial charge in [0, 0.05) is 6.42 Å². The van der Waals surface area contributed by atoms with Crippen LogP contribution in [0.2, 0.25) is 0 Å². The van der Waals surface area contributed by atoms with Gasteiger partial charge in [-0.2, -0.15) is 0 Å². The van der Waals surface area contributed by atoms with Gasteiger partial charge < -0.3 is 24.8 Å². The van der Waals surface area contributed by atoms with Crippen LogP contribution in [0.1, 0.15) is 103 Å². The lowest BCUT2D eigenvalue weighted by Gasteiger charge is -2.13. The van der Waals surface area contributed by atoms with Crippen molar-refractivity contribution in [3.8, 4) is 0 Å². The second-order valence-electron chi connectivity index (χ2n) is 8.07. The molecule has 0 aromatic heterocycles. The Morgan fingerprint density at radius 3 is 1.65 bits per heavy atom. The summed E-state index contributed by atoms with van der Waals surface area (Å²) in [7, 11) is 0. The summed E-state index contributed by atoms with van der Waals surface area (Å²) in [4.78, 5) is 33.4. The normalized spacial score (nSPS) is 12.9. The van der Waals surface area contributed by atoms with Gasteiger partial charge in [-0.1, -0.05) is 84.0 Å². The van der Waals surface area contributed by atoms with Gasteiger partial charge in [0.25, 0.3) is 0 Å². The fourth-order valence-electron chi connectivity index (χ4n) is 3.12. The lowest BCUT2D eigenvalue weighted by atomic mass is 10.0. The zero-order valence-electron chi connectivity index (χ0n) is 19.1. The highest BCUT2D eigenvalue weighted by atomic mass is 16.6. The summed E-state index contributed by atoms with van der Waals surface area (Å²) in [6.07, 6.45) is 12.4. The maximum atomic E-state index is 11.7. The van der Waals surface area contributed by atoms with Gasteiger partial charge in [0.05, 0.1) is 6.42 Å². The Morgan fingerprint density at radius 1 is 0.710 bits per heavy atom. The average molecular weight is 447 g/mol. The summed E-state index contributed by atoms with van der Waals surface area (Å²) in [5.74, 6) is -2.90. The molecule has 0 saturated carbocycles. The van der Waals surface area contributed by atoms with Crippen molar-refractivity contribution in [2.75, 3.05) is 13.2 Å². The van der Waals surface area contributed by atoms with E-state index in [-0.39, 0.29) is 13.0 Å². The predicted octanol–water partition coefficient (Wildman–Crippen LogP) is 3.75. The van der Waals surface area contributed by atoms with Crippen LogP contribution in [-0.4, -0.2) is 58.6 Å². The summed E-state index contributed by atoms with van der Waals surface area (Å²) in [6, 6.07) is 0. The van der Waals surface area contributed by atoms with Gasteiger partial charge in [-0.15, -0.1) is 0 Å². The van der Waals surface area contributed by atoms with E-state index in [9.17, 15) is 24.6 Å². The number of ether oxygens (including phenoxy) is 2. The fourth-order valence-corrected chi connectivity index (χ4v) is 3.12. The third-order valence-electron chi connectivity index (χ3n) is 4.98. The largest absolute Gasteiger partial charge is 0.481 e.